The minimum Gasteiger partial charge on any atom is -0.495 e. The standard InChI is InChI=1S/C13H14N2O3/c1-9-3-4-12(18-2)11(5-9)15-7-10(14-8-16)6-13(15)17/h3-5,10H,6-7H2,1-2H3. The van der Waals surface area contributed by atoms with Crippen LogP contribution in [-0.2, 0) is 9.59 Å². The van der Waals surface area contributed by atoms with E-state index >= 15 is 0 Å². The van der Waals surface area contributed by atoms with Gasteiger partial charge in [0.1, 0.15) is 5.75 Å². The summed E-state index contributed by atoms with van der Waals surface area (Å²) in [7, 11) is 1.57. The predicted octanol–water partition coefficient (Wildman–Crippen LogP) is 1.44. The second-order valence-corrected chi connectivity index (χ2v) is 4.26. The summed E-state index contributed by atoms with van der Waals surface area (Å²) < 4.78 is 5.25. The van der Waals surface area contributed by atoms with Crippen molar-refractivity contribution in [3.63, 3.8) is 0 Å². The Morgan fingerprint density at radius 2 is 2.28 bits per heavy atom. The number of carbonyl (C=O) groups excluding carboxylic acids is 2. The van der Waals surface area contributed by atoms with E-state index in [0.717, 1.165) is 11.3 Å². The van der Waals surface area contributed by atoms with E-state index in [2.05, 4.69) is 4.99 Å². The van der Waals surface area contributed by atoms with Crippen molar-refractivity contribution in [3.8, 4) is 5.75 Å². The first kappa shape index (κ1) is 12.3. The Kier molecular flexibility index (Phi) is 3.44. The van der Waals surface area contributed by atoms with E-state index in [1.165, 1.54) is 6.08 Å². The Morgan fingerprint density at radius 1 is 1.50 bits per heavy atom. The minimum atomic E-state index is -0.305. The van der Waals surface area contributed by atoms with Crippen LogP contribution in [0.25, 0.3) is 0 Å². The fourth-order valence-corrected chi connectivity index (χ4v) is 2.09. The van der Waals surface area contributed by atoms with E-state index < -0.39 is 0 Å². The van der Waals surface area contributed by atoms with Gasteiger partial charge in [-0.15, -0.1) is 0 Å². The number of rotatable bonds is 3. The number of isocyanates is 1. The van der Waals surface area contributed by atoms with Crippen LogP contribution in [0, 0.1) is 6.92 Å². The normalized spacial score (nSPS) is 18.7. The Hall–Kier alpha value is -2.13. The number of benzene rings is 1. The molecule has 1 atom stereocenters. The number of ether oxygens (including phenoxy) is 1. The number of hydrogen-bond acceptors (Lipinski definition) is 4. The van der Waals surface area contributed by atoms with Crippen LogP contribution in [0.3, 0.4) is 0 Å². The fourth-order valence-electron chi connectivity index (χ4n) is 2.09. The van der Waals surface area contributed by atoms with Crippen molar-refractivity contribution in [2.75, 3.05) is 18.6 Å². The van der Waals surface area contributed by atoms with Crippen LogP contribution in [-0.4, -0.2) is 31.7 Å². The van der Waals surface area contributed by atoms with E-state index in [1.54, 1.807) is 12.0 Å². The van der Waals surface area contributed by atoms with Gasteiger partial charge in [-0.1, -0.05) is 6.07 Å². The maximum atomic E-state index is 11.9. The van der Waals surface area contributed by atoms with Crippen molar-refractivity contribution in [2.24, 2.45) is 4.99 Å². The molecule has 0 spiro atoms. The third-order valence-corrected chi connectivity index (χ3v) is 2.97. The topological polar surface area (TPSA) is 59.0 Å². The molecular weight excluding hydrogens is 232 g/mol. The molecule has 1 fully saturated rings. The van der Waals surface area contributed by atoms with Crippen LogP contribution in [0.15, 0.2) is 23.2 Å². The lowest BCUT2D eigenvalue weighted by Crippen LogP contribution is -2.25. The van der Waals surface area contributed by atoms with Gasteiger partial charge in [0.15, 0.2) is 0 Å². The van der Waals surface area contributed by atoms with Crippen molar-refractivity contribution >= 4 is 17.7 Å². The maximum absolute atomic E-state index is 11.9. The maximum Gasteiger partial charge on any atom is 0.235 e. The fraction of sp³-hybridized carbons (Fsp3) is 0.385. The highest BCUT2D eigenvalue weighted by molar-refractivity contribution is 5.97. The number of anilines is 1. The van der Waals surface area contributed by atoms with E-state index in [1.807, 2.05) is 25.1 Å². The summed E-state index contributed by atoms with van der Waals surface area (Å²) in [6, 6.07) is 5.34. The van der Waals surface area contributed by atoms with E-state index in [0.29, 0.717) is 12.3 Å². The Bertz CT molecular complexity index is 521. The first-order valence-corrected chi connectivity index (χ1v) is 5.67. The number of aryl methyl sites for hydroxylation is 1. The molecule has 94 valence electrons. The molecule has 1 aliphatic heterocycles. The van der Waals surface area contributed by atoms with Crippen molar-refractivity contribution in [1.82, 2.24) is 0 Å². The first-order valence-electron chi connectivity index (χ1n) is 5.67. The molecule has 0 radical (unpaired) electrons. The number of aliphatic imine (C=N–C) groups is 1. The third kappa shape index (κ3) is 2.26. The van der Waals surface area contributed by atoms with Crippen molar-refractivity contribution < 1.29 is 14.3 Å². The van der Waals surface area contributed by atoms with Gasteiger partial charge in [0.25, 0.3) is 0 Å². The molecule has 1 heterocycles. The smallest absolute Gasteiger partial charge is 0.235 e. The largest absolute Gasteiger partial charge is 0.495 e. The first-order chi connectivity index (χ1) is 8.65. The third-order valence-electron chi connectivity index (χ3n) is 2.97. The summed E-state index contributed by atoms with van der Waals surface area (Å²) in [5.41, 5.74) is 1.77. The highest BCUT2D eigenvalue weighted by Crippen LogP contribution is 2.32. The summed E-state index contributed by atoms with van der Waals surface area (Å²) in [4.78, 5) is 27.4. The van der Waals surface area contributed by atoms with Crippen LogP contribution >= 0.6 is 0 Å². The molecule has 0 aromatic heterocycles. The Balaban J connectivity index is 2.34. The van der Waals surface area contributed by atoms with Gasteiger partial charge < -0.3 is 9.64 Å². The molecule has 1 aromatic rings. The zero-order valence-corrected chi connectivity index (χ0v) is 10.3. The summed E-state index contributed by atoms with van der Waals surface area (Å²) in [5.74, 6) is 0.590. The summed E-state index contributed by atoms with van der Waals surface area (Å²) >= 11 is 0. The quantitative estimate of drug-likeness (QED) is 0.599. The summed E-state index contributed by atoms with van der Waals surface area (Å²) in [6.45, 7) is 2.35. The zero-order chi connectivity index (χ0) is 13.1. The van der Waals surface area contributed by atoms with Crippen molar-refractivity contribution in [3.05, 3.63) is 23.8 Å². The number of methoxy groups -OCH3 is 1. The average Bonchev–Trinajstić information content (AvgIpc) is 2.70. The summed E-state index contributed by atoms with van der Waals surface area (Å²) in [6.07, 6.45) is 1.75. The molecule has 1 unspecified atom stereocenters. The van der Waals surface area contributed by atoms with Gasteiger partial charge >= 0.3 is 0 Å². The van der Waals surface area contributed by atoms with Crippen molar-refractivity contribution in [2.45, 2.75) is 19.4 Å². The lowest BCUT2D eigenvalue weighted by molar-refractivity contribution is -0.117. The van der Waals surface area contributed by atoms with Crippen LogP contribution in [0.5, 0.6) is 5.75 Å². The predicted molar refractivity (Wildman–Crippen MR) is 66.6 cm³/mol. The van der Waals surface area contributed by atoms with Gasteiger partial charge in [0.05, 0.1) is 25.3 Å². The van der Waals surface area contributed by atoms with Crippen LogP contribution in [0.4, 0.5) is 5.69 Å². The minimum absolute atomic E-state index is 0.0529. The lowest BCUT2D eigenvalue weighted by atomic mass is 10.2. The van der Waals surface area contributed by atoms with Gasteiger partial charge in [0.2, 0.25) is 12.0 Å². The molecule has 1 aromatic carbocycles. The highest BCUT2D eigenvalue weighted by atomic mass is 16.5. The molecule has 18 heavy (non-hydrogen) atoms. The molecule has 1 aliphatic rings. The molecule has 0 aliphatic carbocycles. The Labute approximate surface area is 105 Å². The summed E-state index contributed by atoms with van der Waals surface area (Å²) in [5, 5.41) is 0. The molecule has 0 bridgehead atoms. The van der Waals surface area contributed by atoms with Gasteiger partial charge in [0, 0.05) is 6.54 Å². The Morgan fingerprint density at radius 3 is 2.94 bits per heavy atom. The van der Waals surface area contributed by atoms with E-state index in [4.69, 9.17) is 4.74 Å². The molecule has 2 rings (SSSR count). The van der Waals surface area contributed by atoms with E-state index in [9.17, 15) is 9.59 Å². The molecule has 1 saturated heterocycles. The second kappa shape index (κ2) is 5.02. The molecule has 0 N–H and O–H groups in total. The molecule has 1 amide bonds. The van der Waals surface area contributed by atoms with Crippen LogP contribution in [0.2, 0.25) is 0 Å². The van der Waals surface area contributed by atoms with Crippen molar-refractivity contribution in [1.29, 1.82) is 0 Å². The number of amides is 1. The van der Waals surface area contributed by atoms with Crippen LogP contribution in [0.1, 0.15) is 12.0 Å². The molecular formula is C13H14N2O3. The van der Waals surface area contributed by atoms with Gasteiger partial charge in [-0.3, -0.25) is 4.79 Å². The SMILES string of the molecule is COc1ccc(C)cc1N1CC(N=C=O)CC1=O. The zero-order valence-electron chi connectivity index (χ0n) is 10.3. The second-order valence-electron chi connectivity index (χ2n) is 4.26. The van der Waals surface area contributed by atoms with E-state index in [-0.39, 0.29) is 18.4 Å². The molecule has 5 heteroatoms. The molecule has 5 nitrogen and oxygen atoms in total. The monoisotopic (exact) mass is 246 g/mol. The van der Waals surface area contributed by atoms with Crippen LogP contribution < -0.4 is 9.64 Å². The van der Waals surface area contributed by atoms with Gasteiger partial charge in [-0.2, -0.15) is 0 Å². The number of nitrogens with zero attached hydrogens (tertiary/aromatic N) is 2. The lowest BCUT2D eigenvalue weighted by Gasteiger charge is -2.19. The van der Waals surface area contributed by atoms with Gasteiger partial charge in [-0.05, 0) is 24.6 Å². The molecule has 0 saturated carbocycles. The number of hydrogen-bond donors (Lipinski definition) is 0. The highest BCUT2D eigenvalue weighted by Gasteiger charge is 2.32. The number of carbonyl (C=O) groups is 1. The van der Waals surface area contributed by atoms with Gasteiger partial charge in [-0.25, -0.2) is 9.79 Å². The average molecular weight is 246 g/mol.